The fourth-order valence-corrected chi connectivity index (χ4v) is 3.77. The van der Waals surface area contributed by atoms with Crippen LogP contribution in [0.25, 0.3) is 0 Å². The van der Waals surface area contributed by atoms with Crippen LogP contribution >= 0.6 is 15.9 Å². The third-order valence-corrected chi connectivity index (χ3v) is 5.20. The molecule has 0 amide bonds. The smallest absolute Gasteiger partial charge is 0.233 e. The molecule has 0 aliphatic carbocycles. The van der Waals surface area contributed by atoms with E-state index in [2.05, 4.69) is 30.9 Å². The van der Waals surface area contributed by atoms with E-state index in [4.69, 9.17) is 4.74 Å². The topological polar surface area (TPSA) is 70.7 Å². The maximum Gasteiger partial charge on any atom is 0.233 e. The molecule has 1 saturated heterocycles. The van der Waals surface area contributed by atoms with Gasteiger partial charge in [-0.05, 0) is 34.1 Å². The maximum absolute atomic E-state index is 12.1. The Balaban J connectivity index is 1.92. The molecule has 1 aromatic rings. The predicted octanol–water partition coefficient (Wildman–Crippen LogP) is 1.10. The van der Waals surface area contributed by atoms with Crippen molar-refractivity contribution in [3.8, 4) is 5.75 Å². The van der Waals surface area contributed by atoms with Gasteiger partial charge in [-0.2, -0.15) is 0 Å². The Kier molecular flexibility index (Phi) is 5.86. The first-order valence-electron chi connectivity index (χ1n) is 6.77. The number of hydrogen-bond donors (Lipinski definition) is 2. The number of ether oxygens (including phenoxy) is 1. The van der Waals surface area contributed by atoms with Crippen molar-refractivity contribution in [1.82, 2.24) is 10.2 Å². The molecule has 0 bridgehead atoms. The SMILES string of the molecule is COc1ccc(NS(=O)(=O)CCN2CCNCC2)cc1Br. The van der Waals surface area contributed by atoms with E-state index in [1.807, 2.05) is 0 Å². The number of halogens is 1. The van der Waals surface area contributed by atoms with Crippen molar-refractivity contribution in [3.63, 3.8) is 0 Å². The Hall–Kier alpha value is -0.830. The monoisotopic (exact) mass is 377 g/mol. The second-order valence-electron chi connectivity index (χ2n) is 4.86. The van der Waals surface area contributed by atoms with E-state index in [-0.39, 0.29) is 5.75 Å². The largest absolute Gasteiger partial charge is 0.496 e. The Morgan fingerprint density at radius 3 is 2.71 bits per heavy atom. The van der Waals surface area contributed by atoms with E-state index in [0.717, 1.165) is 26.2 Å². The zero-order valence-corrected chi connectivity index (χ0v) is 14.3. The number of anilines is 1. The van der Waals surface area contributed by atoms with Crippen LogP contribution in [-0.2, 0) is 10.0 Å². The van der Waals surface area contributed by atoms with E-state index < -0.39 is 10.0 Å². The van der Waals surface area contributed by atoms with Crippen molar-refractivity contribution in [2.24, 2.45) is 0 Å². The fraction of sp³-hybridized carbons (Fsp3) is 0.538. The van der Waals surface area contributed by atoms with E-state index in [9.17, 15) is 8.42 Å². The minimum absolute atomic E-state index is 0.0939. The Morgan fingerprint density at radius 2 is 2.10 bits per heavy atom. The zero-order chi connectivity index (χ0) is 15.3. The van der Waals surface area contributed by atoms with Crippen molar-refractivity contribution in [2.45, 2.75) is 0 Å². The highest BCUT2D eigenvalue weighted by atomic mass is 79.9. The molecule has 118 valence electrons. The summed E-state index contributed by atoms with van der Waals surface area (Å²) in [6.45, 7) is 4.17. The summed E-state index contributed by atoms with van der Waals surface area (Å²) in [5.74, 6) is 0.759. The van der Waals surface area contributed by atoms with Crippen LogP contribution in [0.4, 0.5) is 5.69 Å². The van der Waals surface area contributed by atoms with Gasteiger partial charge < -0.3 is 10.1 Å². The molecule has 0 saturated carbocycles. The lowest BCUT2D eigenvalue weighted by atomic mass is 10.3. The quantitative estimate of drug-likeness (QED) is 0.776. The van der Waals surface area contributed by atoms with Crippen LogP contribution in [0.15, 0.2) is 22.7 Å². The number of nitrogens with zero attached hydrogens (tertiary/aromatic N) is 1. The first kappa shape index (κ1) is 16.5. The van der Waals surface area contributed by atoms with Crippen LogP contribution in [0.5, 0.6) is 5.75 Å². The van der Waals surface area contributed by atoms with Crippen LogP contribution in [0.3, 0.4) is 0 Å². The number of nitrogens with one attached hydrogen (secondary N) is 2. The van der Waals surface area contributed by atoms with Crippen LogP contribution in [0.1, 0.15) is 0 Å². The maximum atomic E-state index is 12.1. The fourth-order valence-electron chi connectivity index (χ4n) is 2.14. The molecule has 1 fully saturated rings. The minimum atomic E-state index is -3.34. The number of sulfonamides is 1. The third-order valence-electron chi connectivity index (χ3n) is 3.31. The van der Waals surface area contributed by atoms with E-state index >= 15 is 0 Å². The summed E-state index contributed by atoms with van der Waals surface area (Å²) in [7, 11) is -1.78. The van der Waals surface area contributed by atoms with E-state index in [1.165, 1.54) is 0 Å². The molecule has 0 atom stereocenters. The van der Waals surface area contributed by atoms with Crippen LogP contribution in [0.2, 0.25) is 0 Å². The molecule has 0 spiro atoms. The number of piperazine rings is 1. The van der Waals surface area contributed by atoms with Crippen molar-refractivity contribution < 1.29 is 13.2 Å². The van der Waals surface area contributed by atoms with Crippen molar-refractivity contribution in [2.75, 3.05) is 50.3 Å². The molecule has 0 unspecified atom stereocenters. The van der Waals surface area contributed by atoms with Crippen molar-refractivity contribution >= 4 is 31.6 Å². The molecular weight excluding hydrogens is 358 g/mol. The normalized spacial score (nSPS) is 16.7. The third kappa shape index (κ3) is 5.14. The molecule has 1 aromatic carbocycles. The second kappa shape index (κ2) is 7.44. The summed E-state index contributed by atoms with van der Waals surface area (Å²) in [6.07, 6.45) is 0. The van der Waals surface area contributed by atoms with E-state index in [0.29, 0.717) is 22.5 Å². The first-order chi connectivity index (χ1) is 10.00. The number of methoxy groups -OCH3 is 1. The summed E-state index contributed by atoms with van der Waals surface area (Å²) in [5.41, 5.74) is 0.531. The molecular formula is C13H20BrN3O3S. The van der Waals surface area contributed by atoms with Gasteiger partial charge in [0.25, 0.3) is 0 Å². The molecule has 0 radical (unpaired) electrons. The summed E-state index contributed by atoms with van der Waals surface area (Å²) in [6, 6.07) is 5.10. The highest BCUT2D eigenvalue weighted by molar-refractivity contribution is 9.10. The Labute approximate surface area is 134 Å². The van der Waals surface area contributed by atoms with Crippen molar-refractivity contribution in [3.05, 3.63) is 22.7 Å². The molecule has 1 heterocycles. The minimum Gasteiger partial charge on any atom is -0.496 e. The molecule has 8 heteroatoms. The van der Waals surface area contributed by atoms with Gasteiger partial charge in [0.2, 0.25) is 10.0 Å². The molecule has 6 nitrogen and oxygen atoms in total. The number of rotatable bonds is 6. The Morgan fingerprint density at radius 1 is 1.38 bits per heavy atom. The second-order valence-corrected chi connectivity index (χ2v) is 7.56. The molecule has 2 rings (SSSR count). The van der Waals surface area contributed by atoms with Gasteiger partial charge in [0.05, 0.1) is 17.3 Å². The molecule has 1 aliphatic heterocycles. The predicted molar refractivity (Wildman–Crippen MR) is 87.4 cm³/mol. The summed E-state index contributed by atoms with van der Waals surface area (Å²) in [5, 5.41) is 3.24. The molecule has 0 aromatic heterocycles. The van der Waals surface area contributed by atoms with E-state index in [1.54, 1.807) is 25.3 Å². The summed E-state index contributed by atoms with van der Waals surface area (Å²) < 4.78 is 32.6. The average Bonchev–Trinajstić information content (AvgIpc) is 2.46. The lowest BCUT2D eigenvalue weighted by Crippen LogP contribution is -2.45. The first-order valence-corrected chi connectivity index (χ1v) is 9.22. The lowest BCUT2D eigenvalue weighted by molar-refractivity contribution is 0.254. The van der Waals surface area contributed by atoms with Gasteiger partial charge in [0.1, 0.15) is 5.75 Å². The standard InChI is InChI=1S/C13H20BrN3O3S/c1-20-13-3-2-11(10-12(13)14)16-21(18,19)9-8-17-6-4-15-5-7-17/h2-3,10,15-16H,4-9H2,1H3. The van der Waals surface area contributed by atoms with Gasteiger partial charge in [-0.3, -0.25) is 9.62 Å². The molecule has 1 aliphatic rings. The highest BCUT2D eigenvalue weighted by Crippen LogP contribution is 2.28. The molecule has 2 N–H and O–H groups in total. The van der Waals surface area contributed by atoms with Gasteiger partial charge in [-0.15, -0.1) is 0 Å². The zero-order valence-electron chi connectivity index (χ0n) is 11.9. The van der Waals surface area contributed by atoms with Gasteiger partial charge >= 0.3 is 0 Å². The van der Waals surface area contributed by atoms with Crippen LogP contribution in [-0.4, -0.2) is 58.9 Å². The Bertz CT molecular complexity index is 574. The number of benzene rings is 1. The molecule has 21 heavy (non-hydrogen) atoms. The lowest BCUT2D eigenvalue weighted by Gasteiger charge is -2.26. The van der Waals surface area contributed by atoms with Crippen molar-refractivity contribution in [1.29, 1.82) is 0 Å². The van der Waals surface area contributed by atoms with Gasteiger partial charge in [0.15, 0.2) is 0 Å². The van der Waals surface area contributed by atoms with Crippen LogP contribution in [0, 0.1) is 0 Å². The summed E-state index contributed by atoms with van der Waals surface area (Å²) in [4.78, 5) is 2.15. The van der Waals surface area contributed by atoms with Gasteiger partial charge in [0, 0.05) is 38.4 Å². The number of hydrogen-bond acceptors (Lipinski definition) is 5. The average molecular weight is 378 g/mol. The summed E-state index contributed by atoms with van der Waals surface area (Å²) >= 11 is 3.34. The van der Waals surface area contributed by atoms with Crippen LogP contribution < -0.4 is 14.8 Å². The highest BCUT2D eigenvalue weighted by Gasteiger charge is 2.16. The van der Waals surface area contributed by atoms with Gasteiger partial charge in [-0.1, -0.05) is 0 Å². The van der Waals surface area contributed by atoms with Gasteiger partial charge in [-0.25, -0.2) is 8.42 Å².